The Hall–Kier alpha value is -0.640. The molecule has 0 bridgehead atoms. The third-order valence-corrected chi connectivity index (χ3v) is 2.76. The summed E-state index contributed by atoms with van der Waals surface area (Å²) in [4.78, 5) is 2.05. The van der Waals surface area contributed by atoms with Crippen molar-refractivity contribution in [1.29, 1.82) is 5.26 Å². The molecule has 1 N–H and O–H groups in total. The highest BCUT2D eigenvalue weighted by molar-refractivity contribution is 7.89. The molecular formula is C8H17N3O2S. The highest BCUT2D eigenvalue weighted by Gasteiger charge is 2.07. The van der Waals surface area contributed by atoms with Crippen LogP contribution in [0.1, 0.15) is 12.8 Å². The molecular weight excluding hydrogens is 202 g/mol. The molecule has 0 amide bonds. The molecule has 0 atom stereocenters. The van der Waals surface area contributed by atoms with Crippen LogP contribution in [0.5, 0.6) is 0 Å². The van der Waals surface area contributed by atoms with E-state index in [-0.39, 0.29) is 0 Å². The van der Waals surface area contributed by atoms with E-state index >= 15 is 0 Å². The lowest BCUT2D eigenvalue weighted by molar-refractivity contribution is 0.394. The maximum atomic E-state index is 11.0. The maximum Gasteiger partial charge on any atom is 0.225 e. The van der Waals surface area contributed by atoms with Gasteiger partial charge in [0.15, 0.2) is 5.75 Å². The Kier molecular flexibility index (Phi) is 6.45. The topological polar surface area (TPSA) is 73.2 Å². The lowest BCUT2D eigenvalue weighted by atomic mass is 10.3. The average Bonchev–Trinajstić information content (AvgIpc) is 2.02. The van der Waals surface area contributed by atoms with Crippen LogP contribution in [-0.2, 0) is 10.0 Å². The summed E-state index contributed by atoms with van der Waals surface area (Å²) in [5, 5.41) is 8.20. The molecule has 0 unspecified atom stereocenters. The molecule has 0 aromatic heterocycles. The minimum Gasteiger partial charge on any atom is -0.309 e. The number of hydrogen-bond donors (Lipinski definition) is 1. The third-order valence-electron chi connectivity index (χ3n) is 1.61. The quantitative estimate of drug-likeness (QED) is 0.600. The molecule has 0 aliphatic rings. The van der Waals surface area contributed by atoms with E-state index in [1.54, 1.807) is 6.07 Å². The summed E-state index contributed by atoms with van der Waals surface area (Å²) in [5.74, 6) is -0.458. The molecule has 0 fully saturated rings. The zero-order valence-electron chi connectivity index (χ0n) is 8.65. The summed E-state index contributed by atoms with van der Waals surface area (Å²) in [5.41, 5.74) is 0. The van der Waals surface area contributed by atoms with Crippen molar-refractivity contribution in [3.05, 3.63) is 0 Å². The molecule has 0 radical (unpaired) electrons. The largest absolute Gasteiger partial charge is 0.309 e. The van der Waals surface area contributed by atoms with Crippen LogP contribution in [0.25, 0.3) is 0 Å². The fourth-order valence-electron chi connectivity index (χ4n) is 0.917. The number of nitrogens with zero attached hydrogens (tertiary/aromatic N) is 2. The lowest BCUT2D eigenvalue weighted by Crippen LogP contribution is -2.27. The predicted octanol–water partition coefficient (Wildman–Crippen LogP) is -0.229. The van der Waals surface area contributed by atoms with Gasteiger partial charge >= 0.3 is 0 Å². The fourth-order valence-corrected chi connectivity index (χ4v) is 1.64. The van der Waals surface area contributed by atoms with Crippen LogP contribution in [-0.4, -0.2) is 46.3 Å². The number of nitriles is 1. The van der Waals surface area contributed by atoms with E-state index in [0.717, 1.165) is 19.4 Å². The molecule has 0 aromatic carbocycles. The minimum atomic E-state index is -3.36. The highest BCUT2D eigenvalue weighted by atomic mass is 32.2. The van der Waals surface area contributed by atoms with Crippen LogP contribution in [0, 0.1) is 11.3 Å². The third kappa shape index (κ3) is 7.98. The molecule has 5 nitrogen and oxygen atoms in total. The number of unbranched alkanes of at least 4 members (excludes halogenated alkanes) is 1. The first-order chi connectivity index (χ1) is 6.48. The van der Waals surface area contributed by atoms with E-state index in [0.29, 0.717) is 6.54 Å². The van der Waals surface area contributed by atoms with Crippen molar-refractivity contribution in [3.63, 3.8) is 0 Å². The van der Waals surface area contributed by atoms with Crippen molar-refractivity contribution in [2.75, 3.05) is 32.9 Å². The van der Waals surface area contributed by atoms with Crippen LogP contribution in [0.15, 0.2) is 0 Å². The molecule has 0 aromatic rings. The lowest BCUT2D eigenvalue weighted by Gasteiger charge is -2.08. The molecule has 0 saturated carbocycles. The Labute approximate surface area is 85.8 Å². The SMILES string of the molecule is CN(C)CCCCNS(=O)(=O)CC#N. The van der Waals surface area contributed by atoms with Gasteiger partial charge < -0.3 is 4.90 Å². The second-order valence-electron chi connectivity index (χ2n) is 3.32. The second-order valence-corrected chi connectivity index (χ2v) is 5.13. The van der Waals surface area contributed by atoms with E-state index in [4.69, 9.17) is 5.26 Å². The summed E-state index contributed by atoms with van der Waals surface area (Å²) in [6.45, 7) is 1.36. The van der Waals surface area contributed by atoms with Gasteiger partial charge in [-0.3, -0.25) is 0 Å². The van der Waals surface area contributed by atoms with E-state index in [2.05, 4.69) is 4.72 Å². The Morgan fingerprint density at radius 3 is 2.50 bits per heavy atom. The summed E-state index contributed by atoms with van der Waals surface area (Å²) < 4.78 is 24.3. The van der Waals surface area contributed by atoms with Gasteiger partial charge in [-0.2, -0.15) is 5.26 Å². The van der Waals surface area contributed by atoms with E-state index in [1.165, 1.54) is 0 Å². The molecule has 14 heavy (non-hydrogen) atoms. The van der Waals surface area contributed by atoms with Gasteiger partial charge in [0.05, 0.1) is 6.07 Å². The zero-order chi connectivity index (χ0) is 11.0. The number of nitrogens with one attached hydrogen (secondary N) is 1. The van der Waals surface area contributed by atoms with Crippen molar-refractivity contribution >= 4 is 10.0 Å². The van der Waals surface area contributed by atoms with Gasteiger partial charge in [0, 0.05) is 6.54 Å². The van der Waals surface area contributed by atoms with Gasteiger partial charge in [-0.1, -0.05) is 0 Å². The Morgan fingerprint density at radius 1 is 1.36 bits per heavy atom. The summed E-state index contributed by atoms with van der Waals surface area (Å²) in [6, 6.07) is 1.61. The smallest absolute Gasteiger partial charge is 0.225 e. The first-order valence-electron chi connectivity index (χ1n) is 4.47. The van der Waals surface area contributed by atoms with Crippen LogP contribution in [0.4, 0.5) is 0 Å². The van der Waals surface area contributed by atoms with Crippen molar-refractivity contribution in [2.24, 2.45) is 0 Å². The number of hydrogen-bond acceptors (Lipinski definition) is 4. The van der Waals surface area contributed by atoms with Crippen LogP contribution in [0.3, 0.4) is 0 Å². The Bertz CT molecular complexity index is 279. The van der Waals surface area contributed by atoms with Crippen molar-refractivity contribution in [2.45, 2.75) is 12.8 Å². The molecule has 0 aliphatic carbocycles. The van der Waals surface area contributed by atoms with E-state index < -0.39 is 15.8 Å². The van der Waals surface area contributed by atoms with Crippen LogP contribution >= 0.6 is 0 Å². The predicted molar refractivity (Wildman–Crippen MR) is 55.2 cm³/mol. The summed E-state index contributed by atoms with van der Waals surface area (Å²) >= 11 is 0. The monoisotopic (exact) mass is 219 g/mol. The van der Waals surface area contributed by atoms with Crippen molar-refractivity contribution in [3.8, 4) is 6.07 Å². The Morgan fingerprint density at radius 2 is 2.00 bits per heavy atom. The molecule has 6 heteroatoms. The van der Waals surface area contributed by atoms with Gasteiger partial charge in [0.2, 0.25) is 10.0 Å². The maximum absolute atomic E-state index is 11.0. The molecule has 0 saturated heterocycles. The summed E-state index contributed by atoms with van der Waals surface area (Å²) in [6.07, 6.45) is 1.74. The van der Waals surface area contributed by atoms with Crippen LogP contribution in [0.2, 0.25) is 0 Å². The first kappa shape index (κ1) is 13.4. The molecule has 0 rings (SSSR count). The number of rotatable bonds is 7. The Balaban J connectivity index is 3.51. The highest BCUT2D eigenvalue weighted by Crippen LogP contribution is 1.90. The van der Waals surface area contributed by atoms with Gasteiger partial charge in [-0.25, -0.2) is 13.1 Å². The molecule has 0 heterocycles. The zero-order valence-corrected chi connectivity index (χ0v) is 9.47. The molecule has 82 valence electrons. The van der Waals surface area contributed by atoms with Crippen LogP contribution < -0.4 is 4.72 Å². The van der Waals surface area contributed by atoms with Gasteiger partial charge in [-0.15, -0.1) is 0 Å². The van der Waals surface area contributed by atoms with Gasteiger partial charge in [0.25, 0.3) is 0 Å². The van der Waals surface area contributed by atoms with Crippen molar-refractivity contribution in [1.82, 2.24) is 9.62 Å². The van der Waals surface area contributed by atoms with Crippen molar-refractivity contribution < 1.29 is 8.42 Å². The molecule has 0 spiro atoms. The minimum absolute atomic E-state index is 0.415. The fraction of sp³-hybridized carbons (Fsp3) is 0.875. The average molecular weight is 219 g/mol. The standard InChI is InChI=1S/C8H17N3O2S/c1-11(2)7-4-3-6-10-14(12,13)8-5-9/h10H,3-4,6-8H2,1-2H3. The van der Waals surface area contributed by atoms with E-state index in [9.17, 15) is 8.42 Å². The molecule has 0 aliphatic heterocycles. The summed E-state index contributed by atoms with van der Waals surface area (Å²) in [7, 11) is 0.587. The second kappa shape index (κ2) is 6.76. The number of sulfonamides is 1. The normalized spacial score (nSPS) is 11.6. The van der Waals surface area contributed by atoms with E-state index in [1.807, 2.05) is 19.0 Å². The van der Waals surface area contributed by atoms with Gasteiger partial charge in [-0.05, 0) is 33.5 Å². The van der Waals surface area contributed by atoms with Gasteiger partial charge in [0.1, 0.15) is 0 Å². The first-order valence-corrected chi connectivity index (χ1v) is 6.12.